The molecular weight excluding hydrogens is 394 g/mol. The lowest BCUT2D eigenvalue weighted by Gasteiger charge is -2.11. The molecule has 3 aromatic rings. The topological polar surface area (TPSA) is 104 Å². The Morgan fingerprint density at radius 2 is 1.79 bits per heavy atom. The van der Waals surface area contributed by atoms with E-state index in [1.807, 2.05) is 61.7 Å². The highest BCUT2D eigenvalue weighted by atomic mass is 32.3. The van der Waals surface area contributed by atoms with Crippen LogP contribution in [0.4, 0.5) is 5.69 Å². The minimum absolute atomic E-state index is 0.737. The fourth-order valence-corrected chi connectivity index (χ4v) is 2.22. The summed E-state index contributed by atoms with van der Waals surface area (Å²) in [6.45, 7) is 0.737. The summed E-state index contributed by atoms with van der Waals surface area (Å²) in [4.78, 5) is 2.07. The van der Waals surface area contributed by atoms with Gasteiger partial charge in [0, 0.05) is 24.9 Å². The molecule has 0 spiro atoms. The van der Waals surface area contributed by atoms with E-state index in [1.54, 1.807) is 11.0 Å². The van der Waals surface area contributed by atoms with Crippen molar-refractivity contribution >= 4 is 22.3 Å². The summed E-state index contributed by atoms with van der Waals surface area (Å²) in [6, 6.07) is 18.5. The molecule has 9 nitrogen and oxygen atoms in total. The van der Waals surface area contributed by atoms with Gasteiger partial charge in [0.2, 0.25) is 16.7 Å². The SMILES string of the molecule is CN(C)c1ccc(/C=N\[n+]2cnn(Cc3ccccc3)c2)cc1.COS(=O)(=O)[O-]. The van der Waals surface area contributed by atoms with Gasteiger partial charge in [0.15, 0.2) is 0 Å². The fraction of sp³-hybridized carbons (Fsp3) is 0.211. The van der Waals surface area contributed by atoms with Crippen LogP contribution < -0.4 is 9.58 Å². The average molecular weight is 417 g/mol. The van der Waals surface area contributed by atoms with Crippen LogP contribution in [-0.2, 0) is 21.1 Å². The van der Waals surface area contributed by atoms with E-state index < -0.39 is 10.4 Å². The van der Waals surface area contributed by atoms with E-state index in [4.69, 9.17) is 0 Å². The van der Waals surface area contributed by atoms with Gasteiger partial charge in [0.25, 0.3) is 6.33 Å². The van der Waals surface area contributed by atoms with Gasteiger partial charge in [0.05, 0.1) is 13.3 Å². The Labute approximate surface area is 170 Å². The van der Waals surface area contributed by atoms with E-state index in [1.165, 1.54) is 11.3 Å². The average Bonchev–Trinajstić information content (AvgIpc) is 3.15. The van der Waals surface area contributed by atoms with Gasteiger partial charge < -0.3 is 9.45 Å². The molecule has 10 heteroatoms. The first-order valence-corrected chi connectivity index (χ1v) is 9.91. The molecule has 2 aromatic carbocycles. The van der Waals surface area contributed by atoms with Crippen LogP contribution in [0.2, 0.25) is 0 Å². The maximum absolute atomic E-state index is 9.22. The first-order valence-electron chi connectivity index (χ1n) is 8.57. The van der Waals surface area contributed by atoms with Crippen molar-refractivity contribution in [1.29, 1.82) is 0 Å². The number of benzene rings is 2. The molecule has 154 valence electrons. The third kappa shape index (κ3) is 8.21. The van der Waals surface area contributed by atoms with Crippen LogP contribution in [0.5, 0.6) is 0 Å². The Morgan fingerprint density at radius 3 is 2.34 bits per heavy atom. The number of aromatic nitrogens is 3. The molecule has 0 unspecified atom stereocenters. The van der Waals surface area contributed by atoms with E-state index in [9.17, 15) is 13.0 Å². The Bertz CT molecular complexity index is 1020. The van der Waals surface area contributed by atoms with Crippen LogP contribution in [0, 0.1) is 0 Å². The molecule has 3 rings (SSSR count). The Hall–Kier alpha value is -3.08. The smallest absolute Gasteiger partial charge is 0.289 e. The van der Waals surface area contributed by atoms with Crippen molar-refractivity contribution in [1.82, 2.24) is 9.78 Å². The van der Waals surface area contributed by atoms with Gasteiger partial charge in [-0.15, -0.1) is 14.5 Å². The molecule has 0 saturated heterocycles. The van der Waals surface area contributed by atoms with E-state index in [0.717, 1.165) is 19.2 Å². The van der Waals surface area contributed by atoms with Crippen molar-refractivity contribution in [3.05, 3.63) is 78.4 Å². The van der Waals surface area contributed by atoms with Crippen molar-refractivity contribution in [2.24, 2.45) is 5.10 Å². The number of hydrogen-bond donors (Lipinski definition) is 0. The van der Waals surface area contributed by atoms with Gasteiger partial charge in [-0.2, -0.15) is 0 Å². The van der Waals surface area contributed by atoms with Crippen molar-refractivity contribution in [2.45, 2.75) is 6.54 Å². The second-order valence-corrected chi connectivity index (χ2v) is 7.26. The molecule has 29 heavy (non-hydrogen) atoms. The Morgan fingerprint density at radius 1 is 1.17 bits per heavy atom. The number of nitrogens with zero attached hydrogens (tertiary/aromatic N) is 5. The molecule has 0 saturated carbocycles. The highest BCUT2D eigenvalue weighted by molar-refractivity contribution is 7.80. The summed E-state index contributed by atoms with van der Waals surface area (Å²) < 4.78 is 34.6. The van der Waals surface area contributed by atoms with Crippen LogP contribution >= 0.6 is 0 Å². The summed E-state index contributed by atoms with van der Waals surface area (Å²) in [6.07, 6.45) is 5.40. The van der Waals surface area contributed by atoms with Crippen LogP contribution in [0.15, 0.2) is 72.4 Å². The van der Waals surface area contributed by atoms with Gasteiger partial charge in [-0.25, -0.2) is 8.42 Å². The normalized spacial score (nSPS) is 11.2. The number of rotatable bonds is 6. The highest BCUT2D eigenvalue weighted by Gasteiger charge is 2.05. The van der Waals surface area contributed by atoms with E-state index in [2.05, 4.69) is 43.5 Å². The van der Waals surface area contributed by atoms with Gasteiger partial charge in [-0.05, 0) is 23.3 Å². The van der Waals surface area contributed by atoms with Crippen molar-refractivity contribution < 1.29 is 21.8 Å². The van der Waals surface area contributed by atoms with E-state index in [0.29, 0.717) is 0 Å². The van der Waals surface area contributed by atoms with Crippen LogP contribution in [0.25, 0.3) is 0 Å². The quantitative estimate of drug-likeness (QED) is 0.259. The van der Waals surface area contributed by atoms with Gasteiger partial charge in [0.1, 0.15) is 6.54 Å². The molecule has 0 aliphatic rings. The monoisotopic (exact) mass is 417 g/mol. The van der Waals surface area contributed by atoms with Gasteiger partial charge in [-0.1, -0.05) is 42.5 Å². The first-order chi connectivity index (χ1) is 13.8. The zero-order valence-electron chi connectivity index (χ0n) is 16.4. The highest BCUT2D eigenvalue weighted by Crippen LogP contribution is 2.10. The third-order valence-corrected chi connectivity index (χ3v) is 4.12. The van der Waals surface area contributed by atoms with E-state index >= 15 is 0 Å². The first kappa shape index (κ1) is 22.2. The van der Waals surface area contributed by atoms with Crippen LogP contribution in [-0.4, -0.2) is 50.2 Å². The summed E-state index contributed by atoms with van der Waals surface area (Å²) in [7, 11) is 0.452. The Kier molecular flexibility index (Phi) is 8.01. The summed E-state index contributed by atoms with van der Waals surface area (Å²) in [5, 5.41) is 8.73. The zero-order valence-corrected chi connectivity index (χ0v) is 17.2. The molecule has 0 radical (unpaired) electrons. The Balaban J connectivity index is 0.000000438. The minimum atomic E-state index is -4.41. The lowest BCUT2D eigenvalue weighted by atomic mass is 10.2. The number of anilines is 1. The lowest BCUT2D eigenvalue weighted by Crippen LogP contribution is -2.24. The second-order valence-electron chi connectivity index (χ2n) is 6.12. The summed E-state index contributed by atoms with van der Waals surface area (Å²) in [5.41, 5.74) is 3.44. The second kappa shape index (κ2) is 10.5. The maximum Gasteiger partial charge on any atom is 0.289 e. The van der Waals surface area contributed by atoms with Crippen molar-refractivity contribution in [3.63, 3.8) is 0 Å². The van der Waals surface area contributed by atoms with Crippen LogP contribution in [0.1, 0.15) is 11.1 Å². The largest absolute Gasteiger partial charge is 0.726 e. The van der Waals surface area contributed by atoms with Gasteiger partial charge in [-0.3, -0.25) is 4.18 Å². The molecule has 1 aromatic heterocycles. The molecule has 0 bridgehead atoms. The number of hydrogen-bond acceptors (Lipinski definition) is 7. The molecule has 0 N–H and O–H groups in total. The predicted octanol–water partition coefficient (Wildman–Crippen LogP) is 1.26. The zero-order chi connectivity index (χ0) is 21.3. The standard InChI is InChI=1S/C18H20N5.CH4O4S/c1-21(2)18-10-8-16(9-11-18)12-19-23-14-20-22(15-23)13-17-6-4-3-5-7-17;1-5-6(2,3)4/h3-12,14-15H,13H2,1-2H3;1H3,(H,2,3,4)/q+1;/p-1/b19-12-;. The van der Waals surface area contributed by atoms with Crippen molar-refractivity contribution in [2.75, 3.05) is 26.1 Å². The molecule has 1 heterocycles. The van der Waals surface area contributed by atoms with Crippen LogP contribution in [0.3, 0.4) is 0 Å². The lowest BCUT2D eigenvalue weighted by molar-refractivity contribution is -0.679. The summed E-state index contributed by atoms with van der Waals surface area (Å²) >= 11 is 0. The third-order valence-electron chi connectivity index (χ3n) is 3.71. The molecular formula is C19H23N5O4S. The summed E-state index contributed by atoms with van der Waals surface area (Å²) in [5.74, 6) is 0. The molecule has 0 atom stereocenters. The van der Waals surface area contributed by atoms with E-state index in [-0.39, 0.29) is 0 Å². The molecule has 0 fully saturated rings. The maximum atomic E-state index is 9.22. The molecule has 0 aliphatic carbocycles. The fourth-order valence-electron chi connectivity index (χ4n) is 2.22. The van der Waals surface area contributed by atoms with Crippen molar-refractivity contribution in [3.8, 4) is 0 Å². The van der Waals surface area contributed by atoms with Gasteiger partial charge >= 0.3 is 0 Å². The minimum Gasteiger partial charge on any atom is -0.726 e. The predicted molar refractivity (Wildman–Crippen MR) is 108 cm³/mol. The molecule has 0 amide bonds. The molecule has 0 aliphatic heterocycles.